The number of ketones is 1. The van der Waals surface area contributed by atoms with Crippen LogP contribution in [-0.2, 0) is 4.74 Å². The van der Waals surface area contributed by atoms with Gasteiger partial charge in [-0.05, 0) is 12.0 Å². The number of Topliss-reactive ketones (excluding diaryl/α,β-unsaturated/α-hetero) is 1. The first kappa shape index (κ1) is 16.7. The van der Waals surface area contributed by atoms with Gasteiger partial charge >= 0.3 is 0 Å². The Hall–Kier alpha value is -2.79. The topological polar surface area (TPSA) is 69.4 Å². The van der Waals surface area contributed by atoms with Gasteiger partial charge in [-0.2, -0.15) is 0 Å². The van der Waals surface area contributed by atoms with Gasteiger partial charge in [0.15, 0.2) is 5.78 Å². The lowest BCUT2D eigenvalue weighted by Gasteiger charge is -2.33. The third-order valence-corrected chi connectivity index (χ3v) is 5.54. The van der Waals surface area contributed by atoms with E-state index in [4.69, 9.17) is 4.74 Å². The predicted octanol–water partition coefficient (Wildman–Crippen LogP) is 4.29. The summed E-state index contributed by atoms with van der Waals surface area (Å²) in [4.78, 5) is 23.8. The van der Waals surface area contributed by atoms with E-state index in [1.807, 2.05) is 43.3 Å². The van der Waals surface area contributed by atoms with Crippen LogP contribution < -0.4 is 0 Å². The summed E-state index contributed by atoms with van der Waals surface area (Å²) in [7, 11) is 0. The van der Waals surface area contributed by atoms with E-state index in [9.17, 15) is 14.9 Å². The summed E-state index contributed by atoms with van der Waals surface area (Å²) in [5, 5.41) is 11.0. The third-order valence-electron chi connectivity index (χ3n) is 5.54. The molecule has 2 aliphatic rings. The number of fused-ring (bicyclic) bond motifs is 2. The molecular weight excluding hydrogens is 330 g/mol. The first-order chi connectivity index (χ1) is 12.6. The lowest BCUT2D eigenvalue weighted by atomic mass is 9.68. The second-order valence-electron chi connectivity index (χ2n) is 6.83. The number of nitro benzene ring substituents is 1. The number of ether oxygens (including phenoxy) is 1. The molecule has 2 heterocycles. The molecule has 2 aromatic carbocycles. The van der Waals surface area contributed by atoms with Crippen molar-refractivity contribution < 1.29 is 14.5 Å². The van der Waals surface area contributed by atoms with Gasteiger partial charge in [0.05, 0.1) is 22.5 Å². The number of carbonyl (C=O) groups excluding carboxylic acids is 1. The molecule has 0 spiro atoms. The zero-order valence-electron chi connectivity index (χ0n) is 14.4. The Balaban J connectivity index is 1.76. The Morgan fingerprint density at radius 2 is 1.85 bits per heavy atom. The van der Waals surface area contributed by atoms with Crippen molar-refractivity contribution in [3.63, 3.8) is 0 Å². The quantitative estimate of drug-likeness (QED) is 0.349. The van der Waals surface area contributed by atoms with Crippen LogP contribution in [0.4, 0.5) is 5.69 Å². The van der Waals surface area contributed by atoms with E-state index in [-0.39, 0.29) is 29.4 Å². The third kappa shape index (κ3) is 2.47. The van der Waals surface area contributed by atoms with E-state index in [1.165, 1.54) is 12.1 Å². The largest absolute Gasteiger partial charge is 0.362 e. The van der Waals surface area contributed by atoms with E-state index < -0.39 is 10.5 Å². The molecule has 4 rings (SSSR count). The molecule has 5 nitrogen and oxygen atoms in total. The Morgan fingerprint density at radius 1 is 1.15 bits per heavy atom. The first-order valence-electron chi connectivity index (χ1n) is 8.76. The van der Waals surface area contributed by atoms with Crippen LogP contribution in [0.3, 0.4) is 0 Å². The predicted molar refractivity (Wildman–Crippen MR) is 97.1 cm³/mol. The fourth-order valence-electron chi connectivity index (χ4n) is 4.26. The molecule has 0 N–H and O–H groups in total. The highest BCUT2D eigenvalue weighted by Crippen LogP contribution is 2.54. The lowest BCUT2D eigenvalue weighted by molar-refractivity contribution is -0.384. The Bertz CT molecular complexity index is 875. The monoisotopic (exact) mass is 349 g/mol. The molecule has 0 amide bonds. The molecule has 0 radical (unpaired) electrons. The lowest BCUT2D eigenvalue weighted by Crippen LogP contribution is -2.36. The number of carbonyl (C=O) groups is 1. The SMILES string of the molecule is CC[C@@]12C=C[C@@H](O1)[C@@H](C(=O)c1ccccc1)[C@@H]2c1ccc([N+](=O)[O-])cc1. The normalized spacial score (nSPS) is 29.0. The molecule has 0 aromatic heterocycles. The molecule has 0 aliphatic carbocycles. The number of hydrogen-bond donors (Lipinski definition) is 0. The molecule has 5 heteroatoms. The minimum atomic E-state index is -0.532. The molecule has 132 valence electrons. The van der Waals surface area contributed by atoms with Crippen LogP contribution in [0.15, 0.2) is 66.7 Å². The van der Waals surface area contributed by atoms with Crippen molar-refractivity contribution in [2.45, 2.75) is 31.0 Å². The molecule has 4 atom stereocenters. The van der Waals surface area contributed by atoms with Gasteiger partial charge in [-0.3, -0.25) is 14.9 Å². The van der Waals surface area contributed by atoms with Gasteiger partial charge in [0.2, 0.25) is 0 Å². The standard InChI is InChI=1S/C21H19NO4/c1-2-21-13-12-17(26-21)18(20(23)15-6-4-3-5-7-15)19(21)14-8-10-16(11-9-14)22(24)25/h3-13,17-19H,2H2,1H3/t17-,18-,19+,21+/m1/s1. The molecule has 2 bridgehead atoms. The number of rotatable bonds is 5. The molecule has 0 saturated carbocycles. The van der Waals surface area contributed by atoms with Gasteiger partial charge in [-0.25, -0.2) is 0 Å². The molecule has 1 saturated heterocycles. The molecular formula is C21H19NO4. The van der Waals surface area contributed by atoms with E-state index in [0.717, 1.165) is 12.0 Å². The number of hydrogen-bond acceptors (Lipinski definition) is 4. The molecule has 2 aromatic rings. The van der Waals surface area contributed by atoms with Crippen LogP contribution >= 0.6 is 0 Å². The maximum absolute atomic E-state index is 13.2. The van der Waals surface area contributed by atoms with Crippen molar-refractivity contribution in [3.05, 3.63) is 88.0 Å². The summed E-state index contributed by atoms with van der Waals surface area (Å²) in [5.41, 5.74) is 1.08. The molecule has 2 aliphatic heterocycles. The molecule has 26 heavy (non-hydrogen) atoms. The zero-order valence-corrected chi connectivity index (χ0v) is 14.4. The van der Waals surface area contributed by atoms with Gasteiger partial charge in [0.1, 0.15) is 0 Å². The van der Waals surface area contributed by atoms with Crippen molar-refractivity contribution in [1.29, 1.82) is 0 Å². The summed E-state index contributed by atoms with van der Waals surface area (Å²) in [5.74, 6) is -0.432. The fourth-order valence-corrected chi connectivity index (χ4v) is 4.26. The maximum Gasteiger partial charge on any atom is 0.269 e. The van der Waals surface area contributed by atoms with Crippen molar-refractivity contribution in [2.24, 2.45) is 5.92 Å². The summed E-state index contributed by atoms with van der Waals surface area (Å²) < 4.78 is 6.24. The smallest absolute Gasteiger partial charge is 0.269 e. The van der Waals surface area contributed by atoms with Gasteiger partial charge in [0.25, 0.3) is 5.69 Å². The highest BCUT2D eigenvalue weighted by atomic mass is 16.6. The second-order valence-corrected chi connectivity index (χ2v) is 6.83. The molecule has 1 fully saturated rings. The van der Waals surface area contributed by atoms with Crippen molar-refractivity contribution in [1.82, 2.24) is 0 Å². The van der Waals surface area contributed by atoms with Crippen molar-refractivity contribution >= 4 is 11.5 Å². The van der Waals surface area contributed by atoms with E-state index in [1.54, 1.807) is 12.1 Å². The average molecular weight is 349 g/mol. The highest BCUT2D eigenvalue weighted by Gasteiger charge is 2.58. The zero-order chi connectivity index (χ0) is 18.3. The summed E-state index contributed by atoms with van der Waals surface area (Å²) in [6.07, 6.45) is 4.51. The first-order valence-corrected chi connectivity index (χ1v) is 8.76. The van der Waals surface area contributed by atoms with Gasteiger partial charge in [0, 0.05) is 23.6 Å². The van der Waals surface area contributed by atoms with E-state index in [0.29, 0.717) is 5.56 Å². The maximum atomic E-state index is 13.2. The van der Waals surface area contributed by atoms with Gasteiger partial charge in [-0.1, -0.05) is 61.5 Å². The van der Waals surface area contributed by atoms with Crippen LogP contribution in [0.1, 0.15) is 35.2 Å². The van der Waals surface area contributed by atoms with Crippen LogP contribution in [-0.4, -0.2) is 22.4 Å². The number of benzene rings is 2. The van der Waals surface area contributed by atoms with Crippen LogP contribution in [0.25, 0.3) is 0 Å². The van der Waals surface area contributed by atoms with Gasteiger partial charge < -0.3 is 4.74 Å². The fraction of sp³-hybridized carbons (Fsp3) is 0.286. The second kappa shape index (κ2) is 6.18. The van der Waals surface area contributed by atoms with E-state index >= 15 is 0 Å². The summed E-state index contributed by atoms with van der Waals surface area (Å²) in [6.45, 7) is 2.04. The van der Waals surface area contributed by atoms with Crippen LogP contribution in [0.2, 0.25) is 0 Å². The summed E-state index contributed by atoms with van der Waals surface area (Å²) >= 11 is 0. The van der Waals surface area contributed by atoms with Crippen molar-refractivity contribution in [3.8, 4) is 0 Å². The van der Waals surface area contributed by atoms with Crippen molar-refractivity contribution in [2.75, 3.05) is 0 Å². The van der Waals surface area contributed by atoms with Crippen LogP contribution in [0.5, 0.6) is 0 Å². The molecule has 0 unspecified atom stereocenters. The average Bonchev–Trinajstić information content (AvgIpc) is 3.25. The Morgan fingerprint density at radius 3 is 2.46 bits per heavy atom. The Labute approximate surface area is 151 Å². The van der Waals surface area contributed by atoms with Gasteiger partial charge in [-0.15, -0.1) is 0 Å². The highest BCUT2D eigenvalue weighted by molar-refractivity contribution is 5.99. The summed E-state index contributed by atoms with van der Waals surface area (Å²) in [6, 6.07) is 15.7. The Kier molecular flexibility index (Phi) is 3.96. The van der Waals surface area contributed by atoms with E-state index in [2.05, 4.69) is 6.08 Å². The number of non-ortho nitro benzene ring substituents is 1. The van der Waals surface area contributed by atoms with Crippen LogP contribution in [0, 0.1) is 16.0 Å². The minimum absolute atomic E-state index is 0.0462. The number of nitro groups is 1. The number of nitrogens with zero attached hydrogens (tertiary/aromatic N) is 1. The minimum Gasteiger partial charge on any atom is -0.362 e.